The third kappa shape index (κ3) is 5.13. The lowest BCUT2D eigenvalue weighted by atomic mass is 9.91. The van der Waals surface area contributed by atoms with E-state index in [1.807, 2.05) is 23.1 Å². The van der Waals surface area contributed by atoms with Crippen LogP contribution in [-0.2, 0) is 13.0 Å². The molecule has 1 aliphatic carbocycles. The van der Waals surface area contributed by atoms with Gasteiger partial charge in [-0.2, -0.15) is 4.98 Å². The third-order valence-electron chi connectivity index (χ3n) is 6.88. The molecule has 1 aromatic carbocycles. The number of aromatic nitrogens is 3. The number of hydrogen-bond acceptors (Lipinski definition) is 8. The van der Waals surface area contributed by atoms with Gasteiger partial charge in [-0.15, -0.1) is 0 Å². The molecule has 1 aliphatic heterocycles. The molecule has 1 saturated carbocycles. The number of anilines is 3. The number of primary amides is 1. The van der Waals surface area contributed by atoms with Gasteiger partial charge in [0.15, 0.2) is 0 Å². The van der Waals surface area contributed by atoms with Gasteiger partial charge >= 0.3 is 0 Å². The summed E-state index contributed by atoms with van der Waals surface area (Å²) in [7, 11) is 0. The van der Waals surface area contributed by atoms with Crippen LogP contribution in [0, 0.1) is 0 Å². The van der Waals surface area contributed by atoms with Crippen LogP contribution in [0.25, 0.3) is 0 Å². The van der Waals surface area contributed by atoms with E-state index in [1.165, 1.54) is 11.8 Å². The molecule has 36 heavy (non-hydrogen) atoms. The molecular formula is C26H30N8O2. The van der Waals surface area contributed by atoms with Gasteiger partial charge in [0.05, 0.1) is 0 Å². The van der Waals surface area contributed by atoms with Crippen molar-refractivity contribution in [2.24, 2.45) is 11.5 Å². The zero-order chi connectivity index (χ0) is 25.1. The highest BCUT2D eigenvalue weighted by Crippen LogP contribution is 2.27. The normalized spacial score (nSPS) is 19.3. The Bertz CT molecular complexity index is 1270. The van der Waals surface area contributed by atoms with E-state index in [0.29, 0.717) is 30.4 Å². The monoisotopic (exact) mass is 486 g/mol. The summed E-state index contributed by atoms with van der Waals surface area (Å²) in [6.07, 6.45) is 9.57. The van der Waals surface area contributed by atoms with Gasteiger partial charge < -0.3 is 27.0 Å². The Balaban J connectivity index is 1.36. The van der Waals surface area contributed by atoms with E-state index in [0.717, 1.165) is 43.4 Å². The maximum atomic E-state index is 12.9. The fourth-order valence-corrected chi connectivity index (χ4v) is 4.85. The summed E-state index contributed by atoms with van der Waals surface area (Å²) in [6.45, 7) is 1.14. The smallest absolute Gasteiger partial charge is 0.254 e. The average molecular weight is 487 g/mol. The largest absolute Gasteiger partial charge is 0.365 e. The fraction of sp³-hybridized carbons (Fsp3) is 0.346. The summed E-state index contributed by atoms with van der Waals surface area (Å²) in [5, 5.41) is 6.55. The maximum absolute atomic E-state index is 12.9. The Hall–Kier alpha value is -4.05. The molecule has 186 valence electrons. The molecule has 6 N–H and O–H groups in total. The van der Waals surface area contributed by atoms with Crippen molar-refractivity contribution in [3.63, 3.8) is 0 Å². The molecule has 0 spiro atoms. The molecule has 10 heteroatoms. The van der Waals surface area contributed by atoms with Crippen LogP contribution in [0.2, 0.25) is 0 Å². The van der Waals surface area contributed by atoms with Crippen LogP contribution in [-0.4, -0.2) is 50.3 Å². The van der Waals surface area contributed by atoms with E-state index in [4.69, 9.17) is 11.5 Å². The van der Waals surface area contributed by atoms with Crippen LogP contribution < -0.4 is 22.1 Å². The van der Waals surface area contributed by atoms with Crippen molar-refractivity contribution in [3.05, 3.63) is 71.2 Å². The lowest BCUT2D eigenvalue weighted by Gasteiger charge is -2.29. The molecule has 1 fully saturated rings. The van der Waals surface area contributed by atoms with Gasteiger partial charge in [0.1, 0.15) is 11.4 Å². The Labute approximate surface area is 209 Å². The summed E-state index contributed by atoms with van der Waals surface area (Å²) >= 11 is 0. The van der Waals surface area contributed by atoms with Crippen molar-refractivity contribution in [2.45, 2.75) is 50.7 Å². The van der Waals surface area contributed by atoms with Crippen molar-refractivity contribution in [1.82, 2.24) is 19.9 Å². The van der Waals surface area contributed by atoms with Crippen LogP contribution >= 0.6 is 0 Å². The van der Waals surface area contributed by atoms with E-state index in [1.54, 1.807) is 24.5 Å². The van der Waals surface area contributed by atoms with Crippen LogP contribution in [0.15, 0.2) is 48.9 Å². The molecule has 0 saturated heterocycles. The Morgan fingerprint density at radius 3 is 2.64 bits per heavy atom. The number of amides is 2. The maximum Gasteiger partial charge on any atom is 0.254 e. The number of rotatable bonds is 6. The van der Waals surface area contributed by atoms with Gasteiger partial charge in [-0.3, -0.25) is 14.6 Å². The topological polar surface area (TPSA) is 152 Å². The lowest BCUT2D eigenvalue weighted by molar-refractivity contribution is 0.0734. The third-order valence-corrected chi connectivity index (χ3v) is 6.88. The van der Waals surface area contributed by atoms with Gasteiger partial charge in [0.25, 0.3) is 11.8 Å². The highest BCUT2D eigenvalue weighted by atomic mass is 16.2. The van der Waals surface area contributed by atoms with E-state index in [-0.39, 0.29) is 23.6 Å². The molecule has 3 aromatic rings. The second-order valence-corrected chi connectivity index (χ2v) is 9.34. The molecular weight excluding hydrogens is 456 g/mol. The van der Waals surface area contributed by atoms with Crippen molar-refractivity contribution in [3.8, 4) is 0 Å². The summed E-state index contributed by atoms with van der Waals surface area (Å²) in [5.41, 5.74) is 15.6. The molecule has 2 atom stereocenters. The second-order valence-electron chi connectivity index (χ2n) is 9.34. The van der Waals surface area contributed by atoms with E-state index in [9.17, 15) is 9.59 Å². The Kier molecular flexibility index (Phi) is 6.77. The van der Waals surface area contributed by atoms with E-state index >= 15 is 0 Å². The number of pyridine rings is 1. The van der Waals surface area contributed by atoms with Gasteiger partial charge in [0.2, 0.25) is 5.95 Å². The number of nitrogens with two attached hydrogens (primary N) is 2. The van der Waals surface area contributed by atoms with Gasteiger partial charge in [-0.05, 0) is 54.7 Å². The molecule has 2 amide bonds. The summed E-state index contributed by atoms with van der Waals surface area (Å²) in [5.74, 6) is 0.0807. The number of hydrogen-bond donors (Lipinski definition) is 4. The molecule has 2 aliphatic rings. The standard InChI is InChI=1S/C26H30N8O2/c27-21-3-1-2-4-22(21)32-26-30-14-20(23(28)35)24(33-26)31-19-6-5-16-9-12-34(15-18(16)13-19)25(36)17-7-10-29-11-8-17/h5-8,10-11,13-14,21-22H,1-4,9,12,15,27H2,(H2,28,35)(H2,30,31,32,33). The van der Waals surface area contributed by atoms with Crippen LogP contribution in [0.5, 0.6) is 0 Å². The van der Waals surface area contributed by atoms with Crippen LogP contribution in [0.4, 0.5) is 17.5 Å². The number of benzene rings is 1. The Morgan fingerprint density at radius 2 is 1.86 bits per heavy atom. The first-order valence-corrected chi connectivity index (χ1v) is 12.2. The van der Waals surface area contributed by atoms with Crippen molar-refractivity contribution >= 4 is 29.3 Å². The molecule has 3 heterocycles. The van der Waals surface area contributed by atoms with E-state index < -0.39 is 5.91 Å². The minimum Gasteiger partial charge on any atom is -0.365 e. The lowest BCUT2D eigenvalue weighted by Crippen LogP contribution is -2.43. The second kappa shape index (κ2) is 10.3. The first-order chi connectivity index (χ1) is 17.5. The van der Waals surface area contributed by atoms with Crippen molar-refractivity contribution in [2.75, 3.05) is 17.2 Å². The Morgan fingerprint density at radius 1 is 1.06 bits per heavy atom. The summed E-state index contributed by atoms with van der Waals surface area (Å²) < 4.78 is 0. The number of nitrogens with zero attached hydrogens (tertiary/aromatic N) is 4. The quantitative estimate of drug-likeness (QED) is 0.415. The van der Waals surface area contributed by atoms with Crippen molar-refractivity contribution < 1.29 is 9.59 Å². The molecule has 5 rings (SSSR count). The molecule has 2 aromatic heterocycles. The zero-order valence-electron chi connectivity index (χ0n) is 20.0. The summed E-state index contributed by atoms with van der Waals surface area (Å²) in [6, 6.07) is 9.53. The molecule has 0 radical (unpaired) electrons. The first-order valence-electron chi connectivity index (χ1n) is 12.2. The highest BCUT2D eigenvalue weighted by Gasteiger charge is 2.24. The first kappa shape index (κ1) is 23.7. The highest BCUT2D eigenvalue weighted by molar-refractivity contribution is 5.98. The minimum atomic E-state index is -0.620. The van der Waals surface area contributed by atoms with Gasteiger partial charge in [-0.1, -0.05) is 18.9 Å². The average Bonchev–Trinajstić information content (AvgIpc) is 2.89. The number of carbonyl (C=O) groups is 2. The summed E-state index contributed by atoms with van der Waals surface area (Å²) in [4.78, 5) is 39.7. The van der Waals surface area contributed by atoms with Crippen LogP contribution in [0.3, 0.4) is 0 Å². The number of nitrogens with one attached hydrogen (secondary N) is 2. The van der Waals surface area contributed by atoms with E-state index in [2.05, 4.69) is 25.6 Å². The van der Waals surface area contributed by atoms with Gasteiger partial charge in [0, 0.05) is 55.0 Å². The van der Waals surface area contributed by atoms with Crippen LogP contribution in [0.1, 0.15) is 57.5 Å². The van der Waals surface area contributed by atoms with Gasteiger partial charge in [-0.25, -0.2) is 4.98 Å². The predicted molar refractivity (Wildman–Crippen MR) is 137 cm³/mol. The zero-order valence-corrected chi connectivity index (χ0v) is 20.0. The molecule has 2 unspecified atom stereocenters. The SMILES string of the molecule is NC(=O)c1cnc(NC2CCCCC2N)nc1Nc1ccc2c(c1)CN(C(=O)c1ccncc1)CC2. The minimum absolute atomic E-state index is 0.0233. The molecule has 10 nitrogen and oxygen atoms in total. The molecule has 0 bridgehead atoms. The number of carbonyl (C=O) groups excluding carboxylic acids is 2. The van der Waals surface area contributed by atoms with Crippen molar-refractivity contribution in [1.29, 1.82) is 0 Å². The fourth-order valence-electron chi connectivity index (χ4n) is 4.85. The predicted octanol–water partition coefficient (Wildman–Crippen LogP) is 2.59. The number of fused-ring (bicyclic) bond motifs is 1.